The zero-order valence-electron chi connectivity index (χ0n) is 19.7. The number of likely N-dealkylation sites (tertiary alicyclic amines) is 1. The molecule has 0 bridgehead atoms. The SMILES string of the molecule is Cc1cc(C(=O)N2CCC3(CC2)CN(CC(F)(F)F)CC(c2ccccc2)O3)ccc1S(C)(=O)=O. The van der Waals surface area contributed by atoms with Crippen molar-refractivity contribution in [1.82, 2.24) is 9.80 Å². The minimum Gasteiger partial charge on any atom is -0.364 e. The van der Waals surface area contributed by atoms with Crippen LogP contribution < -0.4 is 0 Å². The third kappa shape index (κ3) is 6.05. The molecule has 0 aromatic heterocycles. The van der Waals surface area contributed by atoms with Gasteiger partial charge in [0.05, 0.1) is 23.1 Å². The third-order valence-electron chi connectivity index (χ3n) is 6.69. The van der Waals surface area contributed by atoms with E-state index in [1.807, 2.05) is 30.3 Å². The normalized spacial score (nSPS) is 21.3. The van der Waals surface area contributed by atoms with E-state index in [2.05, 4.69) is 0 Å². The van der Waals surface area contributed by atoms with Crippen LogP contribution >= 0.6 is 0 Å². The van der Waals surface area contributed by atoms with Crippen molar-refractivity contribution in [3.8, 4) is 0 Å². The lowest BCUT2D eigenvalue weighted by Crippen LogP contribution is -2.59. The van der Waals surface area contributed by atoms with E-state index in [4.69, 9.17) is 4.74 Å². The second kappa shape index (κ2) is 9.55. The number of piperidine rings is 1. The quantitative estimate of drug-likeness (QED) is 0.622. The van der Waals surface area contributed by atoms with Crippen LogP contribution in [0.25, 0.3) is 0 Å². The van der Waals surface area contributed by atoms with Gasteiger partial charge in [0.15, 0.2) is 9.84 Å². The second-order valence-electron chi connectivity index (χ2n) is 9.53. The minimum absolute atomic E-state index is 0.153. The Kier molecular flexibility index (Phi) is 7.00. The summed E-state index contributed by atoms with van der Waals surface area (Å²) in [5, 5.41) is 0. The monoisotopic (exact) mass is 510 g/mol. The molecule has 2 saturated heterocycles. The van der Waals surface area contributed by atoms with Crippen molar-refractivity contribution in [2.45, 2.75) is 42.5 Å². The lowest BCUT2D eigenvalue weighted by molar-refractivity contribution is -0.205. The molecule has 1 atom stereocenters. The number of amides is 1. The first kappa shape index (κ1) is 25.7. The number of morpholine rings is 1. The molecule has 6 nitrogen and oxygen atoms in total. The van der Waals surface area contributed by atoms with Crippen LogP contribution in [0.15, 0.2) is 53.4 Å². The Hall–Kier alpha value is -2.43. The van der Waals surface area contributed by atoms with Gasteiger partial charge >= 0.3 is 6.18 Å². The van der Waals surface area contributed by atoms with Gasteiger partial charge in [-0.05, 0) is 49.1 Å². The molecular formula is C25H29F3N2O4S. The predicted molar refractivity (Wildman–Crippen MR) is 125 cm³/mol. The Bertz CT molecular complexity index is 1180. The summed E-state index contributed by atoms with van der Waals surface area (Å²) in [5.74, 6) is -0.231. The van der Waals surface area contributed by atoms with Crippen molar-refractivity contribution < 1.29 is 31.1 Å². The molecule has 2 aromatic carbocycles. The molecule has 2 aliphatic heterocycles. The Labute approximate surface area is 203 Å². The van der Waals surface area contributed by atoms with Gasteiger partial charge in [0, 0.05) is 38.0 Å². The van der Waals surface area contributed by atoms with Crippen LogP contribution in [-0.2, 0) is 14.6 Å². The van der Waals surface area contributed by atoms with E-state index >= 15 is 0 Å². The summed E-state index contributed by atoms with van der Waals surface area (Å²) >= 11 is 0. The Morgan fingerprint density at radius 2 is 1.77 bits per heavy atom. The van der Waals surface area contributed by atoms with Crippen molar-refractivity contribution in [2.24, 2.45) is 0 Å². The smallest absolute Gasteiger partial charge is 0.364 e. The first-order chi connectivity index (χ1) is 16.4. The number of sulfone groups is 1. The maximum atomic E-state index is 13.2. The average molecular weight is 511 g/mol. The number of rotatable bonds is 4. The Morgan fingerprint density at radius 3 is 2.34 bits per heavy atom. The fourth-order valence-electron chi connectivity index (χ4n) is 5.07. The summed E-state index contributed by atoms with van der Waals surface area (Å²) in [4.78, 5) is 16.3. The summed E-state index contributed by atoms with van der Waals surface area (Å²) in [5.41, 5.74) is 0.933. The van der Waals surface area contributed by atoms with Crippen molar-refractivity contribution in [2.75, 3.05) is 39.0 Å². The molecule has 190 valence electrons. The number of carbonyl (C=O) groups is 1. The molecule has 1 unspecified atom stereocenters. The van der Waals surface area contributed by atoms with Gasteiger partial charge < -0.3 is 9.64 Å². The van der Waals surface area contributed by atoms with Crippen LogP contribution in [0.2, 0.25) is 0 Å². The summed E-state index contributed by atoms with van der Waals surface area (Å²) in [6.07, 6.45) is -2.85. The van der Waals surface area contributed by atoms with Crippen LogP contribution in [-0.4, -0.2) is 74.9 Å². The van der Waals surface area contributed by atoms with Gasteiger partial charge in [-0.1, -0.05) is 30.3 Å². The largest absolute Gasteiger partial charge is 0.401 e. The molecule has 0 radical (unpaired) electrons. The van der Waals surface area contributed by atoms with Crippen molar-refractivity contribution >= 4 is 15.7 Å². The molecule has 2 aliphatic rings. The van der Waals surface area contributed by atoms with Crippen LogP contribution in [0.3, 0.4) is 0 Å². The summed E-state index contributed by atoms with van der Waals surface area (Å²) in [7, 11) is -3.39. The fourth-order valence-corrected chi connectivity index (χ4v) is 6.03. The first-order valence-electron chi connectivity index (χ1n) is 11.5. The van der Waals surface area contributed by atoms with Gasteiger partial charge in [0.2, 0.25) is 0 Å². The first-order valence-corrected chi connectivity index (χ1v) is 13.4. The molecule has 0 N–H and O–H groups in total. The number of ether oxygens (including phenoxy) is 1. The lowest BCUT2D eigenvalue weighted by atomic mass is 9.87. The maximum Gasteiger partial charge on any atom is 0.401 e. The average Bonchev–Trinajstić information content (AvgIpc) is 2.77. The highest BCUT2D eigenvalue weighted by molar-refractivity contribution is 7.90. The third-order valence-corrected chi connectivity index (χ3v) is 7.94. The number of hydrogen-bond acceptors (Lipinski definition) is 5. The van der Waals surface area contributed by atoms with Crippen molar-refractivity contribution in [3.05, 3.63) is 65.2 Å². The van der Waals surface area contributed by atoms with E-state index in [-0.39, 0.29) is 23.9 Å². The zero-order chi connectivity index (χ0) is 25.4. The Morgan fingerprint density at radius 1 is 1.11 bits per heavy atom. The van der Waals surface area contributed by atoms with Crippen LogP contribution in [0.1, 0.15) is 40.4 Å². The van der Waals surface area contributed by atoms with Gasteiger partial charge in [-0.25, -0.2) is 8.42 Å². The zero-order valence-corrected chi connectivity index (χ0v) is 20.5. The number of nitrogens with zero attached hydrogens (tertiary/aromatic N) is 2. The molecule has 1 spiro atoms. The topological polar surface area (TPSA) is 66.9 Å². The van der Waals surface area contributed by atoms with E-state index in [1.165, 1.54) is 17.0 Å². The number of aryl methyl sites for hydroxylation is 1. The predicted octanol–water partition coefficient (Wildman–Crippen LogP) is 4.01. The number of alkyl halides is 3. The number of carbonyl (C=O) groups excluding carboxylic acids is 1. The van der Waals surface area contributed by atoms with E-state index in [0.717, 1.165) is 11.8 Å². The molecular weight excluding hydrogens is 481 g/mol. The van der Waals surface area contributed by atoms with Gasteiger partial charge in [-0.3, -0.25) is 9.69 Å². The molecule has 0 saturated carbocycles. The molecule has 0 aliphatic carbocycles. The number of halogens is 3. The maximum absolute atomic E-state index is 13.2. The molecule has 10 heteroatoms. The fraction of sp³-hybridized carbons (Fsp3) is 0.480. The summed E-state index contributed by atoms with van der Waals surface area (Å²) < 4.78 is 69.9. The lowest BCUT2D eigenvalue weighted by Gasteiger charge is -2.50. The summed E-state index contributed by atoms with van der Waals surface area (Å²) in [6, 6.07) is 13.8. The van der Waals surface area contributed by atoms with Crippen LogP contribution in [0, 0.1) is 6.92 Å². The number of benzene rings is 2. The molecule has 35 heavy (non-hydrogen) atoms. The van der Waals surface area contributed by atoms with Gasteiger partial charge in [0.25, 0.3) is 5.91 Å². The Balaban J connectivity index is 1.49. The van der Waals surface area contributed by atoms with Crippen molar-refractivity contribution in [1.29, 1.82) is 0 Å². The minimum atomic E-state index is -4.31. The van der Waals surface area contributed by atoms with E-state index in [0.29, 0.717) is 37.1 Å². The summed E-state index contributed by atoms with van der Waals surface area (Å²) in [6.45, 7) is 1.63. The standard InChI is InChI=1S/C25H29F3N2O4S/c1-18-14-20(8-9-22(18)35(2,32)33)23(31)30-12-10-24(11-13-30)16-29(17-25(26,27)28)15-21(34-24)19-6-4-3-5-7-19/h3-9,14,21H,10-13,15-17H2,1-2H3. The van der Waals surface area contributed by atoms with E-state index < -0.39 is 34.3 Å². The van der Waals surface area contributed by atoms with E-state index in [1.54, 1.807) is 17.9 Å². The van der Waals surface area contributed by atoms with Crippen molar-refractivity contribution in [3.63, 3.8) is 0 Å². The highest BCUT2D eigenvalue weighted by Gasteiger charge is 2.46. The van der Waals surface area contributed by atoms with Crippen LogP contribution in [0.4, 0.5) is 13.2 Å². The highest BCUT2D eigenvalue weighted by Crippen LogP contribution is 2.39. The van der Waals surface area contributed by atoms with Gasteiger partial charge in [-0.15, -0.1) is 0 Å². The second-order valence-corrected chi connectivity index (χ2v) is 11.5. The molecule has 2 heterocycles. The van der Waals surface area contributed by atoms with Crippen LogP contribution in [0.5, 0.6) is 0 Å². The highest BCUT2D eigenvalue weighted by atomic mass is 32.2. The molecule has 4 rings (SSSR count). The molecule has 1 amide bonds. The molecule has 2 fully saturated rings. The molecule has 2 aromatic rings. The number of hydrogen-bond donors (Lipinski definition) is 0. The van der Waals surface area contributed by atoms with E-state index in [9.17, 15) is 26.4 Å². The van der Waals surface area contributed by atoms with Gasteiger partial charge in [-0.2, -0.15) is 13.2 Å². The van der Waals surface area contributed by atoms with Gasteiger partial charge in [0.1, 0.15) is 0 Å².